The average molecular weight is 247 g/mol. The number of benzene rings is 1. The summed E-state index contributed by atoms with van der Waals surface area (Å²) >= 11 is 0. The predicted molar refractivity (Wildman–Crippen MR) is 73.5 cm³/mol. The van der Waals surface area contributed by atoms with Crippen LogP contribution in [-0.2, 0) is 9.53 Å². The predicted octanol–water partition coefficient (Wildman–Crippen LogP) is 2.68. The summed E-state index contributed by atoms with van der Waals surface area (Å²) in [7, 11) is 0. The van der Waals surface area contributed by atoms with Crippen LogP contribution < -0.4 is 5.32 Å². The van der Waals surface area contributed by atoms with Gasteiger partial charge >= 0.3 is 5.97 Å². The Morgan fingerprint density at radius 1 is 1.44 bits per heavy atom. The van der Waals surface area contributed by atoms with Crippen LogP contribution in [0.1, 0.15) is 29.7 Å². The van der Waals surface area contributed by atoms with Crippen LogP contribution in [0, 0.1) is 13.8 Å². The molecule has 0 radical (unpaired) electrons. The molecule has 0 heterocycles. The van der Waals surface area contributed by atoms with E-state index in [-0.39, 0.29) is 5.97 Å². The molecule has 1 rings (SSSR count). The molecule has 3 nitrogen and oxygen atoms in total. The van der Waals surface area contributed by atoms with Crippen molar-refractivity contribution in [3.63, 3.8) is 0 Å². The first kappa shape index (κ1) is 14.5. The van der Waals surface area contributed by atoms with Gasteiger partial charge in [-0.05, 0) is 37.5 Å². The summed E-state index contributed by atoms with van der Waals surface area (Å²) in [5, 5.41) is 3.16. The molecule has 0 aliphatic heterocycles. The van der Waals surface area contributed by atoms with Gasteiger partial charge in [-0.25, -0.2) is 4.79 Å². The molecule has 0 amide bonds. The third kappa shape index (κ3) is 3.44. The van der Waals surface area contributed by atoms with E-state index >= 15 is 0 Å². The van der Waals surface area contributed by atoms with Crippen molar-refractivity contribution in [3.8, 4) is 0 Å². The first-order valence-corrected chi connectivity index (χ1v) is 6.18. The number of carbonyl (C=O) groups excluding carboxylic acids is 1. The lowest BCUT2D eigenvalue weighted by Gasteiger charge is -2.20. The van der Waals surface area contributed by atoms with Gasteiger partial charge in [-0.1, -0.05) is 24.3 Å². The van der Waals surface area contributed by atoms with Crippen LogP contribution in [-0.4, -0.2) is 19.1 Å². The molecule has 0 spiro atoms. The second kappa shape index (κ2) is 6.97. The van der Waals surface area contributed by atoms with Gasteiger partial charge in [0.05, 0.1) is 6.61 Å². The summed E-state index contributed by atoms with van der Waals surface area (Å²) in [6.07, 6.45) is 1.74. The summed E-state index contributed by atoms with van der Waals surface area (Å²) in [5.74, 6) is -0.239. The number of rotatable bonds is 6. The highest BCUT2D eigenvalue weighted by Gasteiger charge is 2.23. The molecule has 1 unspecified atom stereocenters. The van der Waals surface area contributed by atoms with Gasteiger partial charge in [0.15, 0.2) is 0 Å². The summed E-state index contributed by atoms with van der Waals surface area (Å²) in [4.78, 5) is 12.0. The van der Waals surface area contributed by atoms with E-state index in [1.807, 2.05) is 39.0 Å². The number of esters is 1. The van der Waals surface area contributed by atoms with Crippen molar-refractivity contribution < 1.29 is 9.53 Å². The van der Waals surface area contributed by atoms with Gasteiger partial charge in [-0.3, -0.25) is 5.32 Å². The van der Waals surface area contributed by atoms with Crippen LogP contribution in [0.3, 0.4) is 0 Å². The number of ether oxygens (including phenoxy) is 1. The molecule has 0 fully saturated rings. The lowest BCUT2D eigenvalue weighted by molar-refractivity contribution is -0.145. The molecule has 1 N–H and O–H groups in total. The molecule has 0 saturated carbocycles. The number of nitrogens with one attached hydrogen (secondary N) is 1. The van der Waals surface area contributed by atoms with E-state index in [2.05, 4.69) is 11.9 Å². The minimum atomic E-state index is -0.427. The third-order valence-electron chi connectivity index (χ3n) is 2.82. The van der Waals surface area contributed by atoms with Crippen molar-refractivity contribution in [2.75, 3.05) is 13.2 Å². The van der Waals surface area contributed by atoms with Crippen molar-refractivity contribution in [2.24, 2.45) is 0 Å². The molecular formula is C15H21NO2. The van der Waals surface area contributed by atoms with E-state index in [0.717, 1.165) is 16.7 Å². The summed E-state index contributed by atoms with van der Waals surface area (Å²) in [6, 6.07) is 5.57. The summed E-state index contributed by atoms with van der Waals surface area (Å²) in [5.41, 5.74) is 3.17. The molecule has 0 saturated heterocycles. The molecule has 0 aliphatic rings. The van der Waals surface area contributed by atoms with Gasteiger partial charge in [-0.2, -0.15) is 0 Å². The zero-order valence-corrected chi connectivity index (χ0v) is 11.3. The Labute approximate surface area is 109 Å². The molecule has 0 bridgehead atoms. The van der Waals surface area contributed by atoms with E-state index in [0.29, 0.717) is 13.2 Å². The van der Waals surface area contributed by atoms with E-state index in [9.17, 15) is 4.79 Å². The Balaban J connectivity index is 3.08. The van der Waals surface area contributed by atoms with E-state index in [4.69, 9.17) is 4.74 Å². The van der Waals surface area contributed by atoms with E-state index < -0.39 is 6.04 Å². The Hall–Kier alpha value is -1.61. The minimum absolute atomic E-state index is 0.239. The lowest BCUT2D eigenvalue weighted by atomic mass is 9.96. The maximum Gasteiger partial charge on any atom is 0.327 e. The van der Waals surface area contributed by atoms with Crippen LogP contribution in [0.2, 0.25) is 0 Å². The van der Waals surface area contributed by atoms with Crippen LogP contribution in [0.25, 0.3) is 0 Å². The molecule has 1 atom stereocenters. The van der Waals surface area contributed by atoms with Gasteiger partial charge in [-0.15, -0.1) is 6.58 Å². The molecule has 0 aliphatic carbocycles. The van der Waals surface area contributed by atoms with Crippen LogP contribution in [0.5, 0.6) is 0 Å². The quantitative estimate of drug-likeness (QED) is 0.620. The van der Waals surface area contributed by atoms with Crippen LogP contribution in [0.4, 0.5) is 0 Å². The first-order valence-electron chi connectivity index (χ1n) is 6.18. The van der Waals surface area contributed by atoms with Gasteiger partial charge in [0.1, 0.15) is 6.04 Å². The highest BCUT2D eigenvalue weighted by molar-refractivity contribution is 5.78. The molecule has 0 aromatic heterocycles. The minimum Gasteiger partial charge on any atom is -0.465 e. The first-order chi connectivity index (χ1) is 8.61. The van der Waals surface area contributed by atoms with Gasteiger partial charge in [0, 0.05) is 6.54 Å². The van der Waals surface area contributed by atoms with Crippen LogP contribution in [0.15, 0.2) is 30.9 Å². The molecule has 1 aromatic carbocycles. The van der Waals surface area contributed by atoms with Crippen molar-refractivity contribution >= 4 is 5.97 Å². The number of hydrogen-bond donors (Lipinski definition) is 1. The molecule has 3 heteroatoms. The lowest BCUT2D eigenvalue weighted by Crippen LogP contribution is -2.31. The van der Waals surface area contributed by atoms with Crippen molar-refractivity contribution in [1.29, 1.82) is 0 Å². The SMILES string of the molecule is C=CCNC(C(=O)OCC)c1c(C)cccc1C. The van der Waals surface area contributed by atoms with E-state index in [1.165, 1.54) is 0 Å². The number of carbonyl (C=O) groups is 1. The van der Waals surface area contributed by atoms with Gasteiger partial charge in [0.25, 0.3) is 0 Å². The van der Waals surface area contributed by atoms with Crippen molar-refractivity contribution in [2.45, 2.75) is 26.8 Å². The topological polar surface area (TPSA) is 38.3 Å². The molecule has 18 heavy (non-hydrogen) atoms. The van der Waals surface area contributed by atoms with Crippen molar-refractivity contribution in [1.82, 2.24) is 5.32 Å². The molecule has 1 aromatic rings. The standard InChI is InChI=1S/C15H21NO2/c1-5-10-16-14(15(17)18-6-2)13-11(3)8-7-9-12(13)4/h5,7-9,14,16H,1,6,10H2,2-4H3. The van der Waals surface area contributed by atoms with Crippen molar-refractivity contribution in [3.05, 3.63) is 47.5 Å². The maximum absolute atomic E-state index is 12.0. The second-order valence-electron chi connectivity index (χ2n) is 4.19. The van der Waals surface area contributed by atoms with Crippen LogP contribution >= 0.6 is 0 Å². The highest BCUT2D eigenvalue weighted by Crippen LogP contribution is 2.23. The zero-order valence-electron chi connectivity index (χ0n) is 11.3. The van der Waals surface area contributed by atoms with Gasteiger partial charge < -0.3 is 4.74 Å². The fraction of sp³-hybridized carbons (Fsp3) is 0.400. The van der Waals surface area contributed by atoms with E-state index in [1.54, 1.807) is 6.08 Å². The largest absolute Gasteiger partial charge is 0.465 e. The average Bonchev–Trinajstić information content (AvgIpc) is 2.33. The fourth-order valence-corrected chi connectivity index (χ4v) is 2.01. The monoisotopic (exact) mass is 247 g/mol. The van der Waals surface area contributed by atoms with Gasteiger partial charge in [0.2, 0.25) is 0 Å². The third-order valence-corrected chi connectivity index (χ3v) is 2.82. The highest BCUT2D eigenvalue weighted by atomic mass is 16.5. The zero-order chi connectivity index (χ0) is 13.5. The fourth-order valence-electron chi connectivity index (χ4n) is 2.01. The number of hydrogen-bond acceptors (Lipinski definition) is 3. The Kier molecular flexibility index (Phi) is 5.59. The Morgan fingerprint density at radius 3 is 2.56 bits per heavy atom. The summed E-state index contributed by atoms with van der Waals surface area (Å²) < 4.78 is 5.13. The molecule has 98 valence electrons. The summed E-state index contributed by atoms with van der Waals surface area (Å²) in [6.45, 7) is 10.4. The second-order valence-corrected chi connectivity index (χ2v) is 4.19. The Bertz CT molecular complexity index is 406. The Morgan fingerprint density at radius 2 is 2.06 bits per heavy atom. The smallest absolute Gasteiger partial charge is 0.327 e. The molecular weight excluding hydrogens is 226 g/mol. The normalized spacial score (nSPS) is 11.9. The maximum atomic E-state index is 12.0. The number of aryl methyl sites for hydroxylation is 2.